The van der Waals surface area contributed by atoms with Gasteiger partial charge in [0.2, 0.25) is 0 Å². The number of anilines is 2. The number of nitrogens with one attached hydrogen (secondary N) is 1. The minimum Gasteiger partial charge on any atom is -0.399 e. The highest BCUT2D eigenvalue weighted by atomic mass is 16.6. The van der Waals surface area contributed by atoms with Crippen molar-refractivity contribution in [2.75, 3.05) is 11.1 Å². The molecular formula is C15H15N3O3. The Balaban J connectivity index is 2.27. The molecule has 0 unspecified atom stereocenters. The van der Waals surface area contributed by atoms with E-state index < -0.39 is 4.92 Å². The van der Waals surface area contributed by atoms with Crippen LogP contribution in [-0.4, -0.2) is 10.8 Å². The minimum absolute atomic E-state index is 0.0398. The number of hydrogen-bond donors (Lipinski definition) is 2. The number of carbonyl (C=O) groups is 1. The van der Waals surface area contributed by atoms with E-state index in [1.54, 1.807) is 44.2 Å². The highest BCUT2D eigenvalue weighted by Gasteiger charge is 2.15. The van der Waals surface area contributed by atoms with Gasteiger partial charge in [0.15, 0.2) is 0 Å². The molecule has 2 rings (SSSR count). The number of nitrogens with two attached hydrogens (primary N) is 1. The molecule has 0 aliphatic heterocycles. The number of rotatable bonds is 3. The summed E-state index contributed by atoms with van der Waals surface area (Å²) in [4.78, 5) is 22.6. The van der Waals surface area contributed by atoms with Crippen molar-refractivity contribution < 1.29 is 9.72 Å². The van der Waals surface area contributed by atoms with E-state index in [1.165, 1.54) is 6.07 Å². The van der Waals surface area contributed by atoms with Crippen LogP contribution in [0.5, 0.6) is 0 Å². The number of benzene rings is 2. The molecule has 0 fully saturated rings. The Morgan fingerprint density at radius 2 is 1.76 bits per heavy atom. The highest BCUT2D eigenvalue weighted by Crippen LogP contribution is 2.26. The smallest absolute Gasteiger partial charge is 0.272 e. The zero-order valence-electron chi connectivity index (χ0n) is 11.7. The van der Waals surface area contributed by atoms with Crippen LogP contribution < -0.4 is 11.1 Å². The van der Waals surface area contributed by atoms with Crippen molar-refractivity contribution in [2.45, 2.75) is 13.8 Å². The molecule has 6 nitrogen and oxygen atoms in total. The van der Waals surface area contributed by atoms with E-state index in [2.05, 4.69) is 5.32 Å². The normalized spacial score (nSPS) is 10.2. The lowest BCUT2D eigenvalue weighted by molar-refractivity contribution is -0.385. The van der Waals surface area contributed by atoms with Gasteiger partial charge >= 0.3 is 0 Å². The number of nitro groups is 1. The lowest BCUT2D eigenvalue weighted by atomic mass is 10.1. The van der Waals surface area contributed by atoms with E-state index in [9.17, 15) is 14.9 Å². The predicted octanol–water partition coefficient (Wildman–Crippen LogP) is 3.05. The quantitative estimate of drug-likeness (QED) is 0.514. The van der Waals surface area contributed by atoms with Gasteiger partial charge in [0.05, 0.1) is 4.92 Å². The lowest BCUT2D eigenvalue weighted by Gasteiger charge is -2.10. The van der Waals surface area contributed by atoms with Gasteiger partial charge in [0.25, 0.3) is 11.6 Å². The molecule has 108 valence electrons. The second-order valence-corrected chi connectivity index (χ2v) is 4.79. The number of hydrogen-bond acceptors (Lipinski definition) is 4. The molecule has 0 spiro atoms. The van der Waals surface area contributed by atoms with Gasteiger partial charge < -0.3 is 11.1 Å². The van der Waals surface area contributed by atoms with Crippen LogP contribution in [0.4, 0.5) is 17.1 Å². The number of carbonyl (C=O) groups excluding carboxylic acids is 1. The van der Waals surface area contributed by atoms with Crippen LogP contribution in [0.2, 0.25) is 0 Å². The van der Waals surface area contributed by atoms with E-state index in [4.69, 9.17) is 5.73 Å². The fourth-order valence-electron chi connectivity index (χ4n) is 1.96. The molecule has 6 heteroatoms. The van der Waals surface area contributed by atoms with Crippen molar-refractivity contribution in [3.8, 4) is 0 Å². The number of nitro benzene ring substituents is 1. The predicted molar refractivity (Wildman–Crippen MR) is 81.4 cm³/mol. The van der Waals surface area contributed by atoms with Crippen molar-refractivity contribution >= 4 is 23.0 Å². The second kappa shape index (κ2) is 5.62. The molecule has 2 aromatic carbocycles. The van der Waals surface area contributed by atoms with Gasteiger partial charge in [-0.3, -0.25) is 14.9 Å². The Morgan fingerprint density at radius 3 is 2.33 bits per heavy atom. The van der Waals surface area contributed by atoms with Gasteiger partial charge in [-0.1, -0.05) is 0 Å². The third kappa shape index (κ3) is 3.17. The second-order valence-electron chi connectivity index (χ2n) is 4.79. The summed E-state index contributed by atoms with van der Waals surface area (Å²) in [7, 11) is 0. The Bertz CT molecular complexity index is 709. The van der Waals surface area contributed by atoms with Crippen molar-refractivity contribution in [2.24, 2.45) is 0 Å². The molecule has 0 aromatic heterocycles. The summed E-state index contributed by atoms with van der Waals surface area (Å²) in [6.45, 7) is 3.35. The molecule has 0 heterocycles. The van der Waals surface area contributed by atoms with Gasteiger partial charge in [0.1, 0.15) is 0 Å². The first-order chi connectivity index (χ1) is 9.88. The summed E-state index contributed by atoms with van der Waals surface area (Å²) < 4.78 is 0. The molecule has 0 bridgehead atoms. The Morgan fingerprint density at radius 1 is 1.14 bits per heavy atom. The van der Waals surface area contributed by atoms with Crippen LogP contribution in [-0.2, 0) is 0 Å². The summed E-state index contributed by atoms with van der Waals surface area (Å²) >= 11 is 0. The molecule has 21 heavy (non-hydrogen) atoms. The van der Waals surface area contributed by atoms with Gasteiger partial charge in [-0.05, 0) is 49.7 Å². The number of amides is 1. The average molecular weight is 285 g/mol. The Kier molecular flexibility index (Phi) is 3.89. The largest absolute Gasteiger partial charge is 0.399 e. The van der Waals surface area contributed by atoms with Crippen molar-refractivity contribution in [1.82, 2.24) is 0 Å². The molecule has 0 atom stereocenters. The summed E-state index contributed by atoms with van der Waals surface area (Å²) in [6.07, 6.45) is 0. The number of aryl methyl sites for hydroxylation is 2. The molecule has 0 aliphatic carbocycles. The first-order valence-electron chi connectivity index (χ1n) is 6.31. The standard InChI is InChI=1S/C15H15N3O3/c1-9-8-14(18(20)21)10(2)7-13(9)17-15(19)11-3-5-12(16)6-4-11/h3-8H,16H2,1-2H3,(H,17,19). The monoisotopic (exact) mass is 285 g/mol. The van der Waals surface area contributed by atoms with Crippen molar-refractivity contribution in [3.63, 3.8) is 0 Å². The first-order valence-corrected chi connectivity index (χ1v) is 6.31. The van der Waals surface area contributed by atoms with Gasteiger partial charge in [-0.25, -0.2) is 0 Å². The van der Waals surface area contributed by atoms with Gasteiger partial charge in [-0.2, -0.15) is 0 Å². The van der Waals surface area contributed by atoms with Gasteiger partial charge in [-0.15, -0.1) is 0 Å². The van der Waals surface area contributed by atoms with E-state index in [-0.39, 0.29) is 11.6 Å². The van der Waals surface area contributed by atoms with E-state index in [0.29, 0.717) is 28.1 Å². The van der Waals surface area contributed by atoms with Crippen molar-refractivity contribution in [3.05, 3.63) is 63.2 Å². The van der Waals surface area contributed by atoms with E-state index >= 15 is 0 Å². The molecule has 3 N–H and O–H groups in total. The Hall–Kier alpha value is -2.89. The van der Waals surface area contributed by atoms with Crippen LogP contribution in [0.1, 0.15) is 21.5 Å². The molecule has 0 saturated carbocycles. The van der Waals surface area contributed by atoms with E-state index in [1.807, 2.05) is 0 Å². The van der Waals surface area contributed by atoms with Gasteiger partial charge in [0, 0.05) is 28.6 Å². The molecule has 1 amide bonds. The highest BCUT2D eigenvalue weighted by molar-refractivity contribution is 6.04. The summed E-state index contributed by atoms with van der Waals surface area (Å²) in [5.74, 6) is -0.286. The minimum atomic E-state index is -0.437. The average Bonchev–Trinajstić information content (AvgIpc) is 2.42. The fraction of sp³-hybridized carbons (Fsp3) is 0.133. The first kappa shape index (κ1) is 14.5. The molecule has 2 aromatic rings. The summed E-state index contributed by atoms with van der Waals surface area (Å²) in [5, 5.41) is 13.6. The molecule has 0 aliphatic rings. The SMILES string of the molecule is Cc1cc([N+](=O)[O-])c(C)cc1NC(=O)c1ccc(N)cc1. The molecule has 0 radical (unpaired) electrons. The topological polar surface area (TPSA) is 98.3 Å². The maximum atomic E-state index is 12.1. The summed E-state index contributed by atoms with van der Waals surface area (Å²) in [6, 6.07) is 9.58. The van der Waals surface area contributed by atoms with Crippen LogP contribution in [0.25, 0.3) is 0 Å². The van der Waals surface area contributed by atoms with E-state index in [0.717, 1.165) is 0 Å². The molecule has 0 saturated heterocycles. The summed E-state index contributed by atoms with van der Waals surface area (Å²) in [5.41, 5.74) is 8.35. The maximum Gasteiger partial charge on any atom is 0.272 e. The maximum absolute atomic E-state index is 12.1. The third-order valence-corrected chi connectivity index (χ3v) is 3.16. The van der Waals surface area contributed by atoms with Crippen LogP contribution in [0, 0.1) is 24.0 Å². The fourth-order valence-corrected chi connectivity index (χ4v) is 1.96. The zero-order chi connectivity index (χ0) is 15.6. The number of nitrogens with zero attached hydrogens (tertiary/aromatic N) is 1. The van der Waals surface area contributed by atoms with Crippen LogP contribution in [0.15, 0.2) is 36.4 Å². The lowest BCUT2D eigenvalue weighted by Crippen LogP contribution is -2.13. The van der Waals surface area contributed by atoms with Crippen molar-refractivity contribution in [1.29, 1.82) is 0 Å². The Labute approximate surface area is 121 Å². The number of nitrogen functional groups attached to an aromatic ring is 1. The van der Waals surface area contributed by atoms with Crippen LogP contribution in [0.3, 0.4) is 0 Å². The molecular weight excluding hydrogens is 270 g/mol. The van der Waals surface area contributed by atoms with Crippen LogP contribution >= 0.6 is 0 Å². The zero-order valence-corrected chi connectivity index (χ0v) is 11.7. The third-order valence-electron chi connectivity index (χ3n) is 3.16.